The molecule has 0 aromatic heterocycles. The van der Waals surface area contributed by atoms with E-state index in [-0.39, 0.29) is 7.69 Å². The van der Waals surface area contributed by atoms with Crippen molar-refractivity contribution in [2.75, 3.05) is 0 Å². The van der Waals surface area contributed by atoms with Gasteiger partial charge in [0.05, 0.1) is 5.41 Å². The summed E-state index contributed by atoms with van der Waals surface area (Å²) in [5, 5.41) is 9.31. The smallest absolute Gasteiger partial charge is 0.504 e. The van der Waals surface area contributed by atoms with Gasteiger partial charge < -0.3 is 9.68 Å². The first-order valence-electron chi connectivity index (χ1n) is 9.55. The van der Waals surface area contributed by atoms with Crippen LogP contribution in [0.4, 0.5) is 0 Å². The molecule has 0 saturated heterocycles. The highest BCUT2D eigenvalue weighted by Crippen LogP contribution is 2.57. The third-order valence-corrected chi connectivity index (χ3v) is 6.21. The first-order chi connectivity index (χ1) is 14.2. The maximum absolute atomic E-state index is 9.31. The van der Waals surface area contributed by atoms with E-state index < -0.39 is 5.41 Å². The number of benzene rings is 4. The van der Waals surface area contributed by atoms with E-state index in [2.05, 4.69) is 94.8 Å². The van der Waals surface area contributed by atoms with E-state index in [0.29, 0.717) is 5.75 Å². The zero-order chi connectivity index (χ0) is 19.8. The molecule has 0 radical (unpaired) electrons. The van der Waals surface area contributed by atoms with Gasteiger partial charge >= 0.3 is 7.69 Å². The molecule has 0 spiro atoms. The summed E-state index contributed by atoms with van der Waals surface area (Å²) in [6.07, 6.45) is 0. The molecular formula is C25H18BBrO2. The number of fused-ring (bicyclic) bond motifs is 3. The summed E-state index contributed by atoms with van der Waals surface area (Å²) < 4.78 is 6.51. The first-order valence-corrected chi connectivity index (χ1v) is 10.3. The van der Waals surface area contributed by atoms with Crippen molar-refractivity contribution in [1.82, 2.24) is 0 Å². The monoisotopic (exact) mass is 440 g/mol. The van der Waals surface area contributed by atoms with Gasteiger partial charge in [-0.3, -0.25) is 0 Å². The van der Waals surface area contributed by atoms with E-state index in [9.17, 15) is 5.02 Å². The van der Waals surface area contributed by atoms with Gasteiger partial charge in [-0.05, 0) is 57.6 Å². The van der Waals surface area contributed by atoms with Crippen molar-refractivity contribution in [2.45, 2.75) is 5.41 Å². The maximum atomic E-state index is 9.31. The summed E-state index contributed by atoms with van der Waals surface area (Å²) in [7, 11) is -0.346. The predicted octanol–water partition coefficient (Wildman–Crippen LogP) is 5.45. The summed E-state index contributed by atoms with van der Waals surface area (Å²) in [5.41, 5.74) is 6.73. The zero-order valence-corrected chi connectivity index (χ0v) is 17.3. The molecule has 0 heterocycles. The Balaban J connectivity index is 1.94. The molecule has 0 fully saturated rings. The lowest BCUT2D eigenvalue weighted by Gasteiger charge is -2.34. The van der Waals surface area contributed by atoms with Crippen molar-refractivity contribution in [3.8, 4) is 16.9 Å². The number of hydrogen-bond donors (Lipinski definition) is 1. The van der Waals surface area contributed by atoms with Gasteiger partial charge in [0, 0.05) is 4.47 Å². The molecule has 0 unspecified atom stereocenters. The quantitative estimate of drug-likeness (QED) is 0.376. The SMILES string of the molecule is OBOc1ccc2c(c1)C(c1ccccc1)(c1ccccc1)c1cc(Br)ccc1-2. The Kier molecular flexibility index (Phi) is 4.54. The summed E-state index contributed by atoms with van der Waals surface area (Å²) in [6.45, 7) is 0. The van der Waals surface area contributed by atoms with Crippen LogP contribution in [0, 0.1) is 0 Å². The normalized spacial score (nSPS) is 13.4. The fourth-order valence-electron chi connectivity index (χ4n) is 4.60. The van der Waals surface area contributed by atoms with Crippen molar-refractivity contribution < 1.29 is 9.68 Å². The Labute approximate surface area is 179 Å². The minimum Gasteiger partial charge on any atom is -0.539 e. The van der Waals surface area contributed by atoms with Crippen LogP contribution in [0.25, 0.3) is 11.1 Å². The summed E-state index contributed by atoms with van der Waals surface area (Å²) >= 11 is 3.69. The fourth-order valence-corrected chi connectivity index (χ4v) is 4.97. The molecule has 5 rings (SSSR count). The van der Waals surface area contributed by atoms with Gasteiger partial charge in [-0.15, -0.1) is 0 Å². The Morgan fingerprint density at radius 2 is 1.24 bits per heavy atom. The van der Waals surface area contributed by atoms with Crippen LogP contribution in [0.2, 0.25) is 0 Å². The molecule has 4 aromatic rings. The van der Waals surface area contributed by atoms with Crippen LogP contribution >= 0.6 is 15.9 Å². The van der Waals surface area contributed by atoms with Crippen LogP contribution in [0.3, 0.4) is 0 Å². The van der Waals surface area contributed by atoms with Crippen LogP contribution in [0.1, 0.15) is 22.3 Å². The van der Waals surface area contributed by atoms with Crippen LogP contribution < -0.4 is 4.65 Å². The summed E-state index contributed by atoms with van der Waals surface area (Å²) in [4.78, 5) is 0. The van der Waals surface area contributed by atoms with Crippen LogP contribution in [0.5, 0.6) is 5.75 Å². The van der Waals surface area contributed by atoms with Crippen LogP contribution in [-0.4, -0.2) is 12.7 Å². The third-order valence-electron chi connectivity index (χ3n) is 5.72. The zero-order valence-electron chi connectivity index (χ0n) is 15.7. The third kappa shape index (κ3) is 2.75. The lowest BCUT2D eigenvalue weighted by molar-refractivity contribution is 0.453. The second kappa shape index (κ2) is 7.22. The molecule has 2 nitrogen and oxygen atoms in total. The average Bonchev–Trinajstić information content (AvgIpc) is 3.05. The van der Waals surface area contributed by atoms with Gasteiger partial charge in [0.1, 0.15) is 5.75 Å². The molecule has 0 saturated carbocycles. The molecule has 0 bridgehead atoms. The number of halogens is 1. The average molecular weight is 441 g/mol. The van der Waals surface area contributed by atoms with Gasteiger partial charge in [-0.25, -0.2) is 0 Å². The van der Waals surface area contributed by atoms with Crippen molar-refractivity contribution in [1.29, 1.82) is 0 Å². The van der Waals surface area contributed by atoms with E-state index in [1.165, 1.54) is 27.8 Å². The molecule has 0 atom stereocenters. The molecule has 1 aliphatic rings. The van der Waals surface area contributed by atoms with Crippen molar-refractivity contribution >= 4 is 23.6 Å². The maximum Gasteiger partial charge on any atom is 0.504 e. The molecule has 140 valence electrons. The Hall–Kier alpha value is -2.82. The molecular weight excluding hydrogens is 423 g/mol. The van der Waals surface area contributed by atoms with E-state index in [4.69, 9.17) is 4.65 Å². The van der Waals surface area contributed by atoms with E-state index >= 15 is 0 Å². The van der Waals surface area contributed by atoms with Gasteiger partial charge in [-0.2, -0.15) is 0 Å². The van der Waals surface area contributed by atoms with Gasteiger partial charge in [0.25, 0.3) is 0 Å². The molecule has 4 heteroatoms. The largest absolute Gasteiger partial charge is 0.539 e. The van der Waals surface area contributed by atoms with Gasteiger partial charge in [-0.1, -0.05) is 88.7 Å². The van der Waals surface area contributed by atoms with E-state index in [1.807, 2.05) is 18.2 Å². The minimum atomic E-state index is -0.466. The molecule has 4 aromatic carbocycles. The van der Waals surface area contributed by atoms with Crippen molar-refractivity contribution in [3.05, 3.63) is 124 Å². The topological polar surface area (TPSA) is 29.5 Å². The molecule has 0 amide bonds. The summed E-state index contributed by atoms with van der Waals surface area (Å²) in [5.74, 6) is 0.661. The van der Waals surface area contributed by atoms with Gasteiger partial charge in [0.2, 0.25) is 0 Å². The van der Waals surface area contributed by atoms with E-state index in [0.717, 1.165) is 10.0 Å². The second-order valence-electron chi connectivity index (χ2n) is 7.15. The van der Waals surface area contributed by atoms with Gasteiger partial charge in [0.15, 0.2) is 0 Å². The van der Waals surface area contributed by atoms with E-state index in [1.54, 1.807) is 0 Å². The predicted molar refractivity (Wildman–Crippen MR) is 121 cm³/mol. The number of hydrogen-bond acceptors (Lipinski definition) is 2. The number of rotatable bonds is 4. The summed E-state index contributed by atoms with van der Waals surface area (Å²) in [6, 6.07) is 33.8. The first kappa shape index (κ1) is 18.2. The highest BCUT2D eigenvalue weighted by Gasteiger charge is 2.46. The molecule has 1 N–H and O–H groups in total. The lowest BCUT2D eigenvalue weighted by Crippen LogP contribution is -2.28. The highest BCUT2D eigenvalue weighted by atomic mass is 79.9. The van der Waals surface area contributed by atoms with Crippen LogP contribution in [-0.2, 0) is 5.41 Å². The molecule has 29 heavy (non-hydrogen) atoms. The fraction of sp³-hybridized carbons (Fsp3) is 0.0400. The molecule has 1 aliphatic carbocycles. The Morgan fingerprint density at radius 1 is 0.690 bits per heavy atom. The lowest BCUT2D eigenvalue weighted by atomic mass is 9.68. The standard InChI is InChI=1S/C25H18BBrO2/c27-19-11-13-21-22-14-12-20(29-26-28)16-24(22)25(23(21)15-19,17-7-3-1-4-8-17)18-9-5-2-6-10-18/h1-16,26,28H. The molecule has 0 aliphatic heterocycles. The van der Waals surface area contributed by atoms with Crippen molar-refractivity contribution in [3.63, 3.8) is 0 Å². The highest BCUT2D eigenvalue weighted by molar-refractivity contribution is 9.10. The second-order valence-corrected chi connectivity index (χ2v) is 8.07. The minimum absolute atomic E-state index is 0.346. The van der Waals surface area contributed by atoms with Crippen LogP contribution in [0.15, 0.2) is 102 Å². The Bertz CT molecular complexity index is 1140. The Morgan fingerprint density at radius 3 is 1.83 bits per heavy atom. The van der Waals surface area contributed by atoms with Crippen molar-refractivity contribution in [2.24, 2.45) is 0 Å².